The summed E-state index contributed by atoms with van der Waals surface area (Å²) in [6.45, 7) is 4.31. The quantitative estimate of drug-likeness (QED) is 0.581. The van der Waals surface area contributed by atoms with Gasteiger partial charge >= 0.3 is 5.97 Å². The van der Waals surface area contributed by atoms with Crippen LogP contribution in [0.1, 0.15) is 21.5 Å². The molecule has 2 aromatic carbocycles. The number of rotatable bonds is 8. The molecule has 0 radical (unpaired) electrons. The first-order chi connectivity index (χ1) is 12.5. The van der Waals surface area contributed by atoms with Crippen LogP contribution in [0.15, 0.2) is 42.5 Å². The molecule has 6 heteroatoms. The van der Waals surface area contributed by atoms with Crippen molar-refractivity contribution in [2.75, 3.05) is 26.9 Å². The average Bonchev–Trinajstić information content (AvgIpc) is 2.64. The smallest absolute Gasteiger partial charge is 0.338 e. The summed E-state index contributed by atoms with van der Waals surface area (Å²) in [7, 11) is 1.54. The van der Waals surface area contributed by atoms with Crippen molar-refractivity contribution >= 4 is 11.9 Å². The van der Waals surface area contributed by atoms with E-state index in [1.54, 1.807) is 31.4 Å². The Hall–Kier alpha value is -3.02. The van der Waals surface area contributed by atoms with Crippen LogP contribution in [0, 0.1) is 13.8 Å². The Bertz CT molecular complexity index is 755. The molecule has 0 saturated carbocycles. The second-order valence-electron chi connectivity index (χ2n) is 5.77. The first-order valence-electron chi connectivity index (χ1n) is 8.27. The number of hydrogen-bond donors (Lipinski definition) is 1. The van der Waals surface area contributed by atoms with Gasteiger partial charge in [-0.1, -0.05) is 17.7 Å². The van der Waals surface area contributed by atoms with E-state index in [1.807, 2.05) is 32.0 Å². The van der Waals surface area contributed by atoms with Crippen molar-refractivity contribution in [3.05, 3.63) is 59.2 Å². The van der Waals surface area contributed by atoms with Gasteiger partial charge in [0.1, 0.15) is 18.1 Å². The summed E-state index contributed by atoms with van der Waals surface area (Å²) in [5.74, 6) is 0.490. The van der Waals surface area contributed by atoms with Gasteiger partial charge in [0.2, 0.25) is 0 Å². The molecule has 26 heavy (non-hydrogen) atoms. The number of carbonyl (C=O) groups is 2. The minimum atomic E-state index is -0.561. The van der Waals surface area contributed by atoms with Crippen molar-refractivity contribution in [3.63, 3.8) is 0 Å². The molecule has 0 aliphatic carbocycles. The van der Waals surface area contributed by atoms with E-state index in [4.69, 9.17) is 14.2 Å². The zero-order valence-corrected chi connectivity index (χ0v) is 15.2. The summed E-state index contributed by atoms with van der Waals surface area (Å²) >= 11 is 0. The fourth-order valence-electron chi connectivity index (χ4n) is 2.31. The van der Waals surface area contributed by atoms with E-state index in [1.165, 1.54) is 5.56 Å². The van der Waals surface area contributed by atoms with Crippen molar-refractivity contribution in [2.45, 2.75) is 13.8 Å². The fourth-order valence-corrected chi connectivity index (χ4v) is 2.31. The van der Waals surface area contributed by atoms with Gasteiger partial charge in [0, 0.05) is 0 Å². The second-order valence-corrected chi connectivity index (χ2v) is 5.77. The number of methoxy groups -OCH3 is 1. The Labute approximate surface area is 153 Å². The lowest BCUT2D eigenvalue weighted by Gasteiger charge is -2.10. The lowest BCUT2D eigenvalue weighted by molar-refractivity contribution is -0.124. The van der Waals surface area contributed by atoms with Gasteiger partial charge < -0.3 is 19.5 Å². The zero-order valence-electron chi connectivity index (χ0n) is 15.2. The molecule has 2 aromatic rings. The van der Waals surface area contributed by atoms with Crippen molar-refractivity contribution in [1.82, 2.24) is 5.32 Å². The molecule has 0 aromatic heterocycles. The van der Waals surface area contributed by atoms with Crippen LogP contribution in [0.2, 0.25) is 0 Å². The summed E-state index contributed by atoms with van der Waals surface area (Å²) in [5.41, 5.74) is 2.57. The van der Waals surface area contributed by atoms with Gasteiger partial charge in [-0.2, -0.15) is 0 Å². The zero-order chi connectivity index (χ0) is 18.9. The molecule has 1 N–H and O–H groups in total. The summed E-state index contributed by atoms with van der Waals surface area (Å²) < 4.78 is 15.6. The largest absolute Gasteiger partial charge is 0.497 e. The Morgan fingerprint density at radius 1 is 1.04 bits per heavy atom. The molecule has 0 spiro atoms. The predicted molar refractivity (Wildman–Crippen MR) is 97.7 cm³/mol. The molecule has 0 bridgehead atoms. The van der Waals surface area contributed by atoms with E-state index in [9.17, 15) is 9.59 Å². The van der Waals surface area contributed by atoms with Crippen molar-refractivity contribution < 1.29 is 23.8 Å². The van der Waals surface area contributed by atoms with E-state index in [0.717, 1.165) is 11.3 Å². The summed E-state index contributed by atoms with van der Waals surface area (Å²) in [6, 6.07) is 12.4. The summed E-state index contributed by atoms with van der Waals surface area (Å²) in [6.07, 6.45) is 0. The standard InChI is InChI=1S/C20H23NO5/c1-14-4-9-18(15(2)12-14)25-11-10-21-19(22)13-26-20(23)16-5-7-17(24-3)8-6-16/h4-9,12H,10-11,13H2,1-3H3,(H,21,22). The van der Waals surface area contributed by atoms with Crippen LogP contribution in [-0.4, -0.2) is 38.7 Å². The van der Waals surface area contributed by atoms with Gasteiger partial charge in [0.15, 0.2) is 6.61 Å². The van der Waals surface area contributed by atoms with E-state index in [2.05, 4.69) is 5.32 Å². The molecular weight excluding hydrogens is 334 g/mol. The Kier molecular flexibility index (Phi) is 7.02. The molecule has 0 fully saturated rings. The molecule has 0 atom stereocenters. The van der Waals surface area contributed by atoms with Crippen molar-refractivity contribution in [2.24, 2.45) is 0 Å². The third kappa shape index (κ3) is 5.81. The predicted octanol–water partition coefficient (Wildman–Crippen LogP) is 2.66. The number of ether oxygens (including phenoxy) is 3. The van der Waals surface area contributed by atoms with Gasteiger partial charge in [0.25, 0.3) is 5.91 Å². The number of benzene rings is 2. The van der Waals surface area contributed by atoms with Crippen LogP contribution >= 0.6 is 0 Å². The first kappa shape index (κ1) is 19.3. The molecular formula is C20H23NO5. The highest BCUT2D eigenvalue weighted by Crippen LogP contribution is 2.18. The highest BCUT2D eigenvalue weighted by Gasteiger charge is 2.10. The molecule has 0 aliphatic rings. The monoisotopic (exact) mass is 357 g/mol. The van der Waals surface area contributed by atoms with Crippen LogP contribution in [0.4, 0.5) is 0 Å². The fraction of sp³-hybridized carbons (Fsp3) is 0.300. The lowest BCUT2D eigenvalue weighted by Crippen LogP contribution is -2.32. The molecule has 2 rings (SSSR count). The number of carbonyl (C=O) groups excluding carboxylic acids is 2. The van der Waals surface area contributed by atoms with E-state index in [0.29, 0.717) is 24.5 Å². The second kappa shape index (κ2) is 9.46. The highest BCUT2D eigenvalue weighted by atomic mass is 16.5. The van der Waals surface area contributed by atoms with Crippen LogP contribution in [0.25, 0.3) is 0 Å². The molecule has 0 saturated heterocycles. The Morgan fingerprint density at radius 2 is 1.77 bits per heavy atom. The van der Waals surface area contributed by atoms with Crippen LogP contribution in [0.5, 0.6) is 11.5 Å². The topological polar surface area (TPSA) is 73.9 Å². The van der Waals surface area contributed by atoms with E-state index < -0.39 is 5.97 Å². The Morgan fingerprint density at radius 3 is 2.42 bits per heavy atom. The maximum absolute atomic E-state index is 11.9. The van der Waals surface area contributed by atoms with Crippen LogP contribution in [-0.2, 0) is 9.53 Å². The van der Waals surface area contributed by atoms with Gasteiger partial charge in [-0.15, -0.1) is 0 Å². The SMILES string of the molecule is COc1ccc(C(=O)OCC(=O)NCCOc2ccc(C)cc2C)cc1. The number of amides is 1. The number of esters is 1. The molecule has 0 unspecified atom stereocenters. The van der Waals surface area contributed by atoms with Crippen LogP contribution in [0.3, 0.4) is 0 Å². The highest BCUT2D eigenvalue weighted by molar-refractivity contribution is 5.91. The number of nitrogens with one attached hydrogen (secondary N) is 1. The van der Waals surface area contributed by atoms with Crippen molar-refractivity contribution in [3.8, 4) is 11.5 Å². The first-order valence-corrected chi connectivity index (χ1v) is 8.27. The summed E-state index contributed by atoms with van der Waals surface area (Å²) in [4.78, 5) is 23.6. The maximum atomic E-state index is 11.9. The lowest BCUT2D eigenvalue weighted by atomic mass is 10.1. The van der Waals surface area contributed by atoms with Gasteiger partial charge in [-0.05, 0) is 49.7 Å². The van der Waals surface area contributed by atoms with Gasteiger partial charge in [-0.3, -0.25) is 4.79 Å². The molecule has 1 amide bonds. The van der Waals surface area contributed by atoms with E-state index in [-0.39, 0.29) is 12.5 Å². The van der Waals surface area contributed by atoms with Crippen LogP contribution < -0.4 is 14.8 Å². The minimum absolute atomic E-state index is 0.326. The molecule has 138 valence electrons. The Balaban J connectivity index is 1.67. The average molecular weight is 357 g/mol. The van der Waals surface area contributed by atoms with Gasteiger partial charge in [-0.25, -0.2) is 4.79 Å². The third-order valence-electron chi connectivity index (χ3n) is 3.67. The van der Waals surface area contributed by atoms with Gasteiger partial charge in [0.05, 0.1) is 19.2 Å². The molecule has 6 nitrogen and oxygen atoms in total. The number of aryl methyl sites for hydroxylation is 2. The van der Waals surface area contributed by atoms with E-state index >= 15 is 0 Å². The summed E-state index contributed by atoms with van der Waals surface area (Å²) in [5, 5.41) is 2.65. The normalized spacial score (nSPS) is 10.1. The molecule has 0 aliphatic heterocycles. The third-order valence-corrected chi connectivity index (χ3v) is 3.67. The number of hydrogen-bond acceptors (Lipinski definition) is 5. The minimum Gasteiger partial charge on any atom is -0.497 e. The van der Waals surface area contributed by atoms with Crippen molar-refractivity contribution in [1.29, 1.82) is 0 Å². The molecule has 0 heterocycles. The maximum Gasteiger partial charge on any atom is 0.338 e.